The lowest BCUT2D eigenvalue weighted by Crippen LogP contribution is -2.55. The zero-order valence-corrected chi connectivity index (χ0v) is 20.8. The average molecular weight is 492 g/mol. The third-order valence-corrected chi connectivity index (χ3v) is 7.74. The van der Waals surface area contributed by atoms with Gasteiger partial charge in [-0.25, -0.2) is 0 Å². The number of hydrogen-bond acceptors (Lipinski definition) is 6. The highest BCUT2D eigenvalue weighted by molar-refractivity contribution is 7.98. The molecule has 0 spiro atoms. The molecule has 0 unspecified atom stereocenters. The summed E-state index contributed by atoms with van der Waals surface area (Å²) in [5.41, 5.74) is 2.74. The lowest BCUT2D eigenvalue weighted by molar-refractivity contribution is 0.0689. The van der Waals surface area contributed by atoms with Crippen LogP contribution in [0.1, 0.15) is 59.9 Å². The number of amides is 1. The molecule has 3 heterocycles. The topological polar surface area (TPSA) is 75.0 Å². The van der Waals surface area contributed by atoms with Crippen molar-refractivity contribution in [1.29, 1.82) is 0 Å². The van der Waals surface area contributed by atoms with Crippen LogP contribution in [0.5, 0.6) is 11.5 Å². The summed E-state index contributed by atoms with van der Waals surface area (Å²) in [5, 5.41) is 12.7. The third-order valence-electron chi connectivity index (χ3n) is 6.60. The molecular formula is C27H29N3O4S. The van der Waals surface area contributed by atoms with Crippen molar-refractivity contribution >= 4 is 17.7 Å². The number of carbonyl (C=O) groups is 1. The van der Waals surface area contributed by atoms with Gasteiger partial charge < -0.3 is 14.7 Å². The maximum absolute atomic E-state index is 13.2. The molecule has 2 aromatic carbocycles. The van der Waals surface area contributed by atoms with Crippen LogP contribution in [0.4, 0.5) is 0 Å². The number of rotatable bonds is 6. The van der Waals surface area contributed by atoms with Gasteiger partial charge in [0.15, 0.2) is 11.4 Å². The van der Waals surface area contributed by atoms with Crippen LogP contribution in [0.15, 0.2) is 64.4 Å². The van der Waals surface area contributed by atoms with Crippen LogP contribution >= 0.6 is 11.8 Å². The molecule has 8 heteroatoms. The van der Waals surface area contributed by atoms with Gasteiger partial charge in [0.05, 0.1) is 6.61 Å². The Hall–Kier alpha value is -3.39. The minimum Gasteiger partial charge on any atom is -0.502 e. The van der Waals surface area contributed by atoms with Crippen LogP contribution in [0, 0.1) is 0 Å². The molecule has 1 N–H and O–H groups in total. The normalized spacial score (nSPS) is 16.9. The SMILES string of the molecule is CCCCOc1cccc2c1[C@H](N1CN(CC)C(=O)c3c(O)c(=O)ccn31)c1ccccc1SC2. The number of nitrogens with zero attached hydrogens (tertiary/aromatic N) is 3. The van der Waals surface area contributed by atoms with E-state index in [0.29, 0.717) is 19.8 Å². The Morgan fingerprint density at radius 3 is 2.71 bits per heavy atom. The van der Waals surface area contributed by atoms with Gasteiger partial charge in [0, 0.05) is 35.0 Å². The first-order chi connectivity index (χ1) is 17.0. The maximum Gasteiger partial charge on any atom is 0.277 e. The molecule has 35 heavy (non-hydrogen) atoms. The molecule has 0 saturated carbocycles. The van der Waals surface area contributed by atoms with Crippen LogP contribution in [-0.4, -0.2) is 40.4 Å². The first kappa shape index (κ1) is 23.4. The third kappa shape index (κ3) is 4.05. The number of ether oxygens (including phenoxy) is 1. The number of aromatic hydroxyl groups is 1. The summed E-state index contributed by atoms with van der Waals surface area (Å²) < 4.78 is 7.96. The molecule has 182 valence electrons. The summed E-state index contributed by atoms with van der Waals surface area (Å²) in [6, 6.07) is 15.5. The van der Waals surface area contributed by atoms with Crippen molar-refractivity contribution in [3.63, 3.8) is 0 Å². The van der Waals surface area contributed by atoms with Gasteiger partial charge >= 0.3 is 0 Å². The van der Waals surface area contributed by atoms with E-state index in [2.05, 4.69) is 30.1 Å². The van der Waals surface area contributed by atoms with Crippen LogP contribution in [0.25, 0.3) is 0 Å². The molecule has 2 aliphatic heterocycles. The molecule has 0 radical (unpaired) electrons. The van der Waals surface area contributed by atoms with Crippen molar-refractivity contribution in [1.82, 2.24) is 9.58 Å². The van der Waals surface area contributed by atoms with Crippen LogP contribution in [-0.2, 0) is 5.75 Å². The molecule has 5 rings (SSSR count). The molecule has 0 saturated heterocycles. The maximum atomic E-state index is 13.2. The summed E-state index contributed by atoms with van der Waals surface area (Å²) in [6.45, 7) is 5.41. The van der Waals surface area contributed by atoms with E-state index in [4.69, 9.17) is 4.74 Å². The summed E-state index contributed by atoms with van der Waals surface area (Å²) in [4.78, 5) is 28.3. The molecule has 7 nitrogen and oxygen atoms in total. The number of unbranched alkanes of at least 4 members (excludes halogenated alkanes) is 1. The predicted molar refractivity (Wildman–Crippen MR) is 137 cm³/mol. The Labute approximate surface area is 208 Å². The van der Waals surface area contributed by atoms with E-state index in [0.717, 1.165) is 45.9 Å². The van der Waals surface area contributed by atoms with Crippen molar-refractivity contribution < 1.29 is 14.6 Å². The number of thioether (sulfide) groups is 1. The van der Waals surface area contributed by atoms with Gasteiger partial charge in [-0.1, -0.05) is 43.7 Å². The van der Waals surface area contributed by atoms with E-state index in [-0.39, 0.29) is 17.6 Å². The smallest absolute Gasteiger partial charge is 0.277 e. The van der Waals surface area contributed by atoms with Gasteiger partial charge in [-0.2, -0.15) is 0 Å². The van der Waals surface area contributed by atoms with Gasteiger partial charge in [-0.3, -0.25) is 19.3 Å². The van der Waals surface area contributed by atoms with Crippen molar-refractivity contribution in [3.8, 4) is 11.5 Å². The van der Waals surface area contributed by atoms with Crippen molar-refractivity contribution in [2.75, 3.05) is 24.8 Å². The first-order valence-corrected chi connectivity index (χ1v) is 13.0. The minimum atomic E-state index is -0.566. The summed E-state index contributed by atoms with van der Waals surface area (Å²) >= 11 is 1.78. The van der Waals surface area contributed by atoms with E-state index in [1.54, 1.807) is 27.5 Å². The summed E-state index contributed by atoms with van der Waals surface area (Å²) in [6.07, 6.45) is 3.58. The predicted octanol–water partition coefficient (Wildman–Crippen LogP) is 4.50. The van der Waals surface area contributed by atoms with E-state index < -0.39 is 11.2 Å². The fourth-order valence-electron chi connectivity index (χ4n) is 4.77. The zero-order chi connectivity index (χ0) is 24.5. The minimum absolute atomic E-state index is 0.00841. The highest BCUT2D eigenvalue weighted by Gasteiger charge is 2.39. The van der Waals surface area contributed by atoms with E-state index in [1.807, 2.05) is 31.2 Å². The van der Waals surface area contributed by atoms with E-state index >= 15 is 0 Å². The standard InChI is InChI=1S/C27H29N3O4S/c1-3-5-15-34-21-11-8-9-18-16-35-22-12-7-6-10-19(22)24(23(18)21)30-17-28(4-2)27(33)25-26(32)20(31)13-14-29(25)30/h6-14,24,32H,3-5,15-17H2,1-2H3/t24-/m1/s1. The molecule has 0 bridgehead atoms. The molecular weight excluding hydrogens is 462 g/mol. The largest absolute Gasteiger partial charge is 0.502 e. The summed E-state index contributed by atoms with van der Waals surface area (Å²) in [7, 11) is 0. The van der Waals surface area contributed by atoms with Gasteiger partial charge in [0.25, 0.3) is 5.91 Å². The Balaban J connectivity index is 1.76. The Morgan fingerprint density at radius 1 is 1.09 bits per heavy atom. The van der Waals surface area contributed by atoms with E-state index in [9.17, 15) is 14.7 Å². The first-order valence-electron chi connectivity index (χ1n) is 12.0. The monoisotopic (exact) mass is 491 g/mol. The molecule has 0 fully saturated rings. The number of fused-ring (bicyclic) bond motifs is 3. The molecule has 2 aliphatic rings. The number of pyridine rings is 1. The quantitative estimate of drug-likeness (QED) is 0.512. The van der Waals surface area contributed by atoms with Crippen LogP contribution < -0.4 is 15.2 Å². The van der Waals surface area contributed by atoms with Gasteiger partial charge in [0.2, 0.25) is 5.43 Å². The van der Waals surface area contributed by atoms with Crippen LogP contribution in [0.2, 0.25) is 0 Å². The molecule has 1 amide bonds. The molecule has 0 aliphatic carbocycles. The van der Waals surface area contributed by atoms with Gasteiger partial charge in [0.1, 0.15) is 18.5 Å². The second-order valence-electron chi connectivity index (χ2n) is 8.72. The number of aromatic nitrogens is 1. The number of benzene rings is 2. The van der Waals surface area contributed by atoms with E-state index in [1.165, 1.54) is 6.07 Å². The van der Waals surface area contributed by atoms with Gasteiger partial charge in [-0.15, -0.1) is 11.8 Å². The Kier molecular flexibility index (Phi) is 6.47. The fraction of sp³-hybridized carbons (Fsp3) is 0.333. The Bertz CT molecular complexity index is 1320. The second-order valence-corrected chi connectivity index (χ2v) is 9.74. The Morgan fingerprint density at radius 2 is 1.91 bits per heavy atom. The lowest BCUT2D eigenvalue weighted by Gasteiger charge is -2.44. The van der Waals surface area contributed by atoms with Crippen molar-refractivity contribution in [2.24, 2.45) is 0 Å². The molecule has 1 atom stereocenters. The number of hydrogen-bond donors (Lipinski definition) is 1. The molecule has 3 aromatic rings. The van der Waals surface area contributed by atoms with Gasteiger partial charge in [-0.05, 0) is 36.6 Å². The highest BCUT2D eigenvalue weighted by atomic mass is 32.2. The van der Waals surface area contributed by atoms with Crippen molar-refractivity contribution in [2.45, 2.75) is 43.4 Å². The van der Waals surface area contributed by atoms with Crippen molar-refractivity contribution in [3.05, 3.63) is 87.3 Å². The molecule has 1 aromatic heterocycles. The lowest BCUT2D eigenvalue weighted by atomic mass is 9.93. The fourth-order valence-corrected chi connectivity index (χ4v) is 5.86. The van der Waals surface area contributed by atoms with Crippen LogP contribution in [0.3, 0.4) is 0 Å². The number of carbonyl (C=O) groups excluding carboxylic acids is 1. The zero-order valence-electron chi connectivity index (χ0n) is 19.9. The second kappa shape index (κ2) is 9.70. The highest BCUT2D eigenvalue weighted by Crippen LogP contribution is 2.46. The summed E-state index contributed by atoms with van der Waals surface area (Å²) in [5.74, 6) is 0.734. The average Bonchev–Trinajstić information content (AvgIpc) is 3.04.